The van der Waals surface area contributed by atoms with Crippen LogP contribution in [0.4, 0.5) is 0 Å². The molecular weight excluding hydrogens is 312 g/mol. The van der Waals surface area contributed by atoms with Gasteiger partial charge in [0.05, 0.1) is 22.9 Å². The van der Waals surface area contributed by atoms with Crippen LogP contribution in [0.15, 0.2) is 10.7 Å². The summed E-state index contributed by atoms with van der Waals surface area (Å²) in [6, 6.07) is 0. The lowest BCUT2D eigenvalue weighted by Gasteiger charge is -2.35. The number of aromatic amines is 1. The van der Waals surface area contributed by atoms with Gasteiger partial charge in [-0.1, -0.05) is 0 Å². The predicted molar refractivity (Wildman–Crippen MR) is 75.1 cm³/mol. The molecule has 2 atom stereocenters. The normalized spacial score (nSPS) is 24.4. The summed E-state index contributed by atoms with van der Waals surface area (Å²) in [5.74, 6) is -0.140. The molecule has 2 heterocycles. The lowest BCUT2D eigenvalue weighted by molar-refractivity contribution is -0.0672. The summed E-state index contributed by atoms with van der Waals surface area (Å²) in [4.78, 5) is 14.1. The molecule has 2 unspecified atom stereocenters. The monoisotopic (exact) mass is 330 g/mol. The molecule has 2 N–H and O–H groups in total. The molecule has 1 aliphatic heterocycles. The van der Waals surface area contributed by atoms with Crippen molar-refractivity contribution in [1.82, 2.24) is 20.4 Å². The Balaban J connectivity index is 1.75. The quantitative estimate of drug-likeness (QED) is 0.864. The van der Waals surface area contributed by atoms with E-state index in [4.69, 9.17) is 4.74 Å². The van der Waals surface area contributed by atoms with Gasteiger partial charge >= 0.3 is 0 Å². The Morgan fingerprint density at radius 2 is 2.26 bits per heavy atom. The Bertz CT molecular complexity index is 427. The molecule has 2 rings (SSSR count). The highest BCUT2D eigenvalue weighted by molar-refractivity contribution is 9.10. The summed E-state index contributed by atoms with van der Waals surface area (Å²) in [7, 11) is 0. The fraction of sp³-hybridized carbons (Fsp3) is 0.667. The van der Waals surface area contributed by atoms with Gasteiger partial charge in [0.25, 0.3) is 5.91 Å². The smallest absolute Gasteiger partial charge is 0.270 e. The van der Waals surface area contributed by atoms with Crippen LogP contribution in [0, 0.1) is 0 Å². The zero-order chi connectivity index (χ0) is 13.8. The zero-order valence-electron chi connectivity index (χ0n) is 11.1. The van der Waals surface area contributed by atoms with E-state index >= 15 is 0 Å². The predicted octanol–water partition coefficient (Wildman–Crippen LogP) is 1.01. The summed E-state index contributed by atoms with van der Waals surface area (Å²) in [6.45, 7) is 7.41. The van der Waals surface area contributed by atoms with Crippen molar-refractivity contribution in [2.45, 2.75) is 26.1 Å². The molecule has 0 radical (unpaired) electrons. The number of hydrogen-bond acceptors (Lipinski definition) is 4. The topological polar surface area (TPSA) is 70.2 Å². The van der Waals surface area contributed by atoms with Crippen LogP contribution < -0.4 is 5.32 Å². The maximum absolute atomic E-state index is 11.8. The van der Waals surface area contributed by atoms with Crippen molar-refractivity contribution < 1.29 is 9.53 Å². The molecule has 1 saturated heterocycles. The van der Waals surface area contributed by atoms with Gasteiger partial charge in [0.15, 0.2) is 0 Å². The number of hydrogen-bond donors (Lipinski definition) is 2. The summed E-state index contributed by atoms with van der Waals surface area (Å²) in [6.07, 6.45) is 2.07. The van der Waals surface area contributed by atoms with E-state index in [9.17, 15) is 4.79 Å². The standard InChI is InChI=1S/C12H19BrN4O2/c1-8-6-17(7-9(2)19-8)4-3-14-12(18)11-10(13)5-15-16-11/h5,8-9H,3-4,6-7H2,1-2H3,(H,14,18)(H,15,16). The average Bonchev–Trinajstić information content (AvgIpc) is 2.74. The molecule has 19 heavy (non-hydrogen) atoms. The van der Waals surface area contributed by atoms with Crippen LogP contribution >= 0.6 is 15.9 Å². The maximum Gasteiger partial charge on any atom is 0.270 e. The highest BCUT2D eigenvalue weighted by atomic mass is 79.9. The van der Waals surface area contributed by atoms with E-state index in [1.807, 2.05) is 0 Å². The molecule has 0 saturated carbocycles. The van der Waals surface area contributed by atoms with Crippen molar-refractivity contribution in [2.24, 2.45) is 0 Å². The van der Waals surface area contributed by atoms with Crippen molar-refractivity contribution >= 4 is 21.8 Å². The number of morpholine rings is 1. The minimum atomic E-state index is -0.140. The van der Waals surface area contributed by atoms with E-state index < -0.39 is 0 Å². The number of nitrogens with zero attached hydrogens (tertiary/aromatic N) is 2. The molecule has 0 aliphatic carbocycles. The molecule has 1 aromatic heterocycles. The minimum absolute atomic E-state index is 0.140. The Morgan fingerprint density at radius 1 is 1.58 bits per heavy atom. The van der Waals surface area contributed by atoms with E-state index in [0.717, 1.165) is 19.6 Å². The van der Waals surface area contributed by atoms with E-state index in [1.165, 1.54) is 0 Å². The number of halogens is 1. The van der Waals surface area contributed by atoms with Gasteiger partial charge in [0.2, 0.25) is 0 Å². The van der Waals surface area contributed by atoms with Crippen LogP contribution in [0.1, 0.15) is 24.3 Å². The van der Waals surface area contributed by atoms with E-state index in [0.29, 0.717) is 16.7 Å². The van der Waals surface area contributed by atoms with Crippen molar-refractivity contribution in [3.05, 3.63) is 16.4 Å². The van der Waals surface area contributed by atoms with Crippen molar-refractivity contribution in [2.75, 3.05) is 26.2 Å². The van der Waals surface area contributed by atoms with Gasteiger partial charge in [-0.05, 0) is 29.8 Å². The number of H-pyrrole nitrogens is 1. The molecule has 1 amide bonds. The van der Waals surface area contributed by atoms with Gasteiger partial charge in [-0.25, -0.2) is 0 Å². The number of carbonyl (C=O) groups is 1. The lowest BCUT2D eigenvalue weighted by atomic mass is 10.2. The Morgan fingerprint density at radius 3 is 2.84 bits per heavy atom. The van der Waals surface area contributed by atoms with E-state index in [2.05, 4.69) is 50.2 Å². The molecule has 106 valence electrons. The SMILES string of the molecule is CC1CN(CCNC(=O)c2[nH]ncc2Br)CC(C)O1. The first-order valence-electron chi connectivity index (χ1n) is 6.41. The van der Waals surface area contributed by atoms with Crippen LogP contribution in [0.2, 0.25) is 0 Å². The Kier molecular flexibility index (Phi) is 4.95. The van der Waals surface area contributed by atoms with Crippen LogP contribution in [0.25, 0.3) is 0 Å². The fourth-order valence-corrected chi connectivity index (χ4v) is 2.68. The zero-order valence-corrected chi connectivity index (χ0v) is 12.7. The van der Waals surface area contributed by atoms with Crippen LogP contribution in [0.5, 0.6) is 0 Å². The third-order valence-electron chi connectivity index (χ3n) is 3.03. The summed E-state index contributed by atoms with van der Waals surface area (Å²) < 4.78 is 6.35. The molecule has 7 heteroatoms. The molecule has 6 nitrogen and oxygen atoms in total. The largest absolute Gasteiger partial charge is 0.373 e. The van der Waals surface area contributed by atoms with Crippen molar-refractivity contribution in [1.29, 1.82) is 0 Å². The summed E-state index contributed by atoms with van der Waals surface area (Å²) in [5.41, 5.74) is 0.462. The highest BCUT2D eigenvalue weighted by Crippen LogP contribution is 2.12. The lowest BCUT2D eigenvalue weighted by Crippen LogP contribution is -2.47. The second-order valence-corrected chi connectivity index (χ2v) is 5.72. The van der Waals surface area contributed by atoms with Crippen LogP contribution in [-0.2, 0) is 4.74 Å². The first-order valence-corrected chi connectivity index (χ1v) is 7.20. The third kappa shape index (κ3) is 4.02. The van der Waals surface area contributed by atoms with Gasteiger partial charge < -0.3 is 10.1 Å². The molecule has 0 spiro atoms. The van der Waals surface area contributed by atoms with Gasteiger partial charge in [-0.15, -0.1) is 0 Å². The number of nitrogens with one attached hydrogen (secondary N) is 2. The number of aromatic nitrogens is 2. The van der Waals surface area contributed by atoms with Gasteiger partial charge in [-0.2, -0.15) is 5.10 Å². The van der Waals surface area contributed by atoms with Gasteiger partial charge in [-0.3, -0.25) is 14.8 Å². The second kappa shape index (κ2) is 6.49. The molecule has 0 aromatic carbocycles. The first kappa shape index (κ1) is 14.5. The van der Waals surface area contributed by atoms with Crippen LogP contribution in [0.3, 0.4) is 0 Å². The second-order valence-electron chi connectivity index (χ2n) is 4.87. The van der Waals surface area contributed by atoms with Gasteiger partial charge in [0, 0.05) is 26.2 Å². The number of ether oxygens (including phenoxy) is 1. The van der Waals surface area contributed by atoms with Crippen molar-refractivity contribution in [3.8, 4) is 0 Å². The highest BCUT2D eigenvalue weighted by Gasteiger charge is 2.21. The average molecular weight is 331 g/mol. The number of carbonyl (C=O) groups excluding carboxylic acids is 1. The van der Waals surface area contributed by atoms with Crippen LogP contribution in [-0.4, -0.2) is 59.4 Å². The van der Waals surface area contributed by atoms with Gasteiger partial charge in [0.1, 0.15) is 5.69 Å². The van der Waals surface area contributed by atoms with E-state index in [-0.39, 0.29) is 18.1 Å². The maximum atomic E-state index is 11.8. The number of rotatable bonds is 4. The Labute approximate surface area is 121 Å². The first-order chi connectivity index (χ1) is 9.06. The Hall–Kier alpha value is -0.920. The minimum Gasteiger partial charge on any atom is -0.373 e. The molecule has 0 bridgehead atoms. The summed E-state index contributed by atoms with van der Waals surface area (Å²) >= 11 is 3.27. The van der Waals surface area contributed by atoms with E-state index in [1.54, 1.807) is 6.20 Å². The molecular formula is C12H19BrN4O2. The number of amides is 1. The molecule has 1 fully saturated rings. The van der Waals surface area contributed by atoms with Crippen molar-refractivity contribution in [3.63, 3.8) is 0 Å². The third-order valence-corrected chi connectivity index (χ3v) is 3.63. The molecule has 1 aliphatic rings. The molecule has 1 aromatic rings. The fourth-order valence-electron chi connectivity index (χ4n) is 2.31. The summed E-state index contributed by atoms with van der Waals surface area (Å²) in [5, 5.41) is 9.35.